The van der Waals surface area contributed by atoms with Crippen molar-refractivity contribution in [1.82, 2.24) is 0 Å². The van der Waals surface area contributed by atoms with Gasteiger partial charge in [0, 0.05) is 35.4 Å². The van der Waals surface area contributed by atoms with E-state index < -0.39 is 5.79 Å². The first-order valence-electron chi connectivity index (χ1n) is 7.08. The topological polar surface area (TPSA) is 21.7 Å². The quantitative estimate of drug-likeness (QED) is 0.743. The summed E-state index contributed by atoms with van der Waals surface area (Å²) in [4.78, 5) is 2.21. The maximum atomic E-state index is 6.24. The monoisotopic (exact) mass is 301 g/mol. The molecular weight excluding hydrogens is 286 g/mol. The van der Waals surface area contributed by atoms with Crippen LogP contribution in [-0.2, 0) is 21.8 Å². The molecule has 108 valence electrons. The zero-order chi connectivity index (χ0) is 14.4. The molecule has 0 atom stereocenters. The van der Waals surface area contributed by atoms with Gasteiger partial charge in [-0.25, -0.2) is 0 Å². The fraction of sp³-hybridized carbons (Fsp3) is 0.294. The average Bonchev–Trinajstić information content (AvgIpc) is 2.94. The summed E-state index contributed by atoms with van der Waals surface area (Å²) in [6, 6.07) is 14.2. The number of ether oxygens (including phenoxy) is 2. The van der Waals surface area contributed by atoms with Gasteiger partial charge in [0.1, 0.15) is 0 Å². The normalized spacial score (nSPS) is 19.2. The fourth-order valence-corrected chi connectivity index (χ4v) is 3.47. The largest absolute Gasteiger partial charge is 0.370 e. The van der Waals surface area contributed by atoms with Gasteiger partial charge >= 0.3 is 0 Å². The summed E-state index contributed by atoms with van der Waals surface area (Å²) >= 11 is 6.24. The Morgan fingerprint density at radius 1 is 1.05 bits per heavy atom. The van der Waals surface area contributed by atoms with Crippen molar-refractivity contribution in [1.29, 1.82) is 0 Å². The molecule has 1 spiro atoms. The van der Waals surface area contributed by atoms with Gasteiger partial charge in [-0.3, -0.25) is 0 Å². The third-order valence-corrected chi connectivity index (χ3v) is 4.43. The van der Waals surface area contributed by atoms with Gasteiger partial charge in [0.2, 0.25) is 5.79 Å². The van der Waals surface area contributed by atoms with E-state index in [1.165, 1.54) is 5.56 Å². The van der Waals surface area contributed by atoms with Crippen molar-refractivity contribution in [2.75, 3.05) is 25.2 Å². The van der Waals surface area contributed by atoms with E-state index in [4.69, 9.17) is 21.1 Å². The second kappa shape index (κ2) is 4.73. The summed E-state index contributed by atoms with van der Waals surface area (Å²) in [6.07, 6.45) is 0. The first kappa shape index (κ1) is 13.1. The highest BCUT2D eigenvalue weighted by Crippen LogP contribution is 2.47. The van der Waals surface area contributed by atoms with Gasteiger partial charge < -0.3 is 14.4 Å². The molecule has 2 aliphatic rings. The van der Waals surface area contributed by atoms with Crippen molar-refractivity contribution in [3.63, 3.8) is 0 Å². The summed E-state index contributed by atoms with van der Waals surface area (Å²) in [5, 5.41) is 0.694. The molecule has 0 radical (unpaired) electrons. The van der Waals surface area contributed by atoms with E-state index in [-0.39, 0.29) is 0 Å². The number of hydrogen-bond acceptors (Lipinski definition) is 3. The van der Waals surface area contributed by atoms with Crippen LogP contribution in [0.25, 0.3) is 0 Å². The van der Waals surface area contributed by atoms with E-state index in [1.807, 2.05) is 24.3 Å². The third-order valence-electron chi connectivity index (χ3n) is 4.20. The maximum absolute atomic E-state index is 6.24. The molecule has 1 fully saturated rings. The molecule has 2 aromatic rings. The van der Waals surface area contributed by atoms with Crippen LogP contribution < -0.4 is 4.90 Å². The van der Waals surface area contributed by atoms with Gasteiger partial charge in [0.25, 0.3) is 0 Å². The Morgan fingerprint density at radius 2 is 1.81 bits per heavy atom. The van der Waals surface area contributed by atoms with Crippen LogP contribution in [0.4, 0.5) is 5.69 Å². The van der Waals surface area contributed by atoms with E-state index in [0.717, 1.165) is 23.4 Å². The fourth-order valence-electron chi connectivity index (χ4n) is 3.29. The van der Waals surface area contributed by atoms with Gasteiger partial charge in [-0.15, -0.1) is 0 Å². The molecule has 4 rings (SSSR count). The Labute approximate surface area is 129 Å². The van der Waals surface area contributed by atoms with Crippen LogP contribution in [0.2, 0.25) is 5.02 Å². The number of benzene rings is 2. The predicted octanol–water partition coefficient (Wildman–Crippen LogP) is 3.54. The molecule has 2 aliphatic heterocycles. The van der Waals surface area contributed by atoms with Crippen molar-refractivity contribution >= 4 is 17.3 Å². The SMILES string of the molecule is CN1Cc2ccccc2C2(OCCO2)c2cc(Cl)ccc21. The van der Waals surface area contributed by atoms with Crippen LogP contribution in [0.3, 0.4) is 0 Å². The first-order valence-corrected chi connectivity index (χ1v) is 7.46. The van der Waals surface area contributed by atoms with Crippen LogP contribution in [0, 0.1) is 0 Å². The van der Waals surface area contributed by atoms with E-state index in [0.29, 0.717) is 18.2 Å². The molecule has 2 aromatic carbocycles. The predicted molar refractivity (Wildman–Crippen MR) is 82.7 cm³/mol. The number of anilines is 1. The van der Waals surface area contributed by atoms with Crippen LogP contribution >= 0.6 is 11.6 Å². The maximum Gasteiger partial charge on any atom is 0.224 e. The minimum atomic E-state index is -0.832. The number of halogens is 1. The summed E-state index contributed by atoms with van der Waals surface area (Å²) in [6.45, 7) is 1.99. The molecule has 0 unspecified atom stereocenters. The Kier molecular flexibility index (Phi) is 2.96. The van der Waals surface area contributed by atoms with E-state index >= 15 is 0 Å². The third kappa shape index (κ3) is 1.89. The van der Waals surface area contributed by atoms with E-state index in [2.05, 4.69) is 30.1 Å². The lowest BCUT2D eigenvalue weighted by Gasteiger charge is -2.30. The molecule has 2 heterocycles. The Hall–Kier alpha value is -1.55. The van der Waals surface area contributed by atoms with Crippen LogP contribution in [0.1, 0.15) is 16.7 Å². The summed E-state index contributed by atoms with van der Waals surface area (Å²) in [7, 11) is 2.08. The first-order chi connectivity index (χ1) is 10.2. The Balaban J connectivity index is 2.05. The smallest absolute Gasteiger partial charge is 0.224 e. The molecule has 3 nitrogen and oxygen atoms in total. The van der Waals surface area contributed by atoms with E-state index in [9.17, 15) is 0 Å². The zero-order valence-electron chi connectivity index (χ0n) is 11.8. The number of nitrogens with zero attached hydrogens (tertiary/aromatic N) is 1. The second-order valence-corrected chi connectivity index (χ2v) is 5.92. The van der Waals surface area contributed by atoms with Crippen molar-refractivity contribution < 1.29 is 9.47 Å². The number of hydrogen-bond donors (Lipinski definition) is 0. The molecule has 0 amide bonds. The number of rotatable bonds is 0. The lowest BCUT2D eigenvalue weighted by molar-refractivity contribution is -0.129. The van der Waals surface area contributed by atoms with E-state index in [1.54, 1.807) is 0 Å². The molecular formula is C17H16ClNO2. The van der Waals surface area contributed by atoms with Crippen molar-refractivity contribution in [2.24, 2.45) is 0 Å². The molecule has 0 N–H and O–H groups in total. The van der Waals surface area contributed by atoms with Crippen molar-refractivity contribution in [3.8, 4) is 0 Å². The lowest BCUT2D eigenvalue weighted by atomic mass is 9.93. The summed E-state index contributed by atoms with van der Waals surface area (Å²) in [5.41, 5.74) is 4.38. The standard InChI is InChI=1S/C17H16ClNO2/c1-19-11-12-4-2-3-5-14(12)17(20-8-9-21-17)15-10-13(18)6-7-16(15)19/h2-7,10H,8-9,11H2,1H3. The average molecular weight is 302 g/mol. The minimum Gasteiger partial charge on any atom is -0.370 e. The number of fused-ring (bicyclic) bond motifs is 4. The molecule has 0 aromatic heterocycles. The molecule has 21 heavy (non-hydrogen) atoms. The highest BCUT2D eigenvalue weighted by molar-refractivity contribution is 6.30. The molecule has 1 saturated heterocycles. The molecule has 0 aliphatic carbocycles. The van der Waals surface area contributed by atoms with Crippen molar-refractivity contribution in [2.45, 2.75) is 12.3 Å². The highest BCUT2D eigenvalue weighted by Gasteiger charge is 2.45. The summed E-state index contributed by atoms with van der Waals surface area (Å²) < 4.78 is 12.2. The zero-order valence-corrected chi connectivity index (χ0v) is 12.6. The molecule has 4 heteroatoms. The highest BCUT2D eigenvalue weighted by atomic mass is 35.5. The van der Waals surface area contributed by atoms with Crippen molar-refractivity contribution in [3.05, 3.63) is 64.2 Å². The molecule has 0 saturated carbocycles. The van der Waals surface area contributed by atoms with Gasteiger partial charge in [0.15, 0.2) is 0 Å². The van der Waals surface area contributed by atoms with Crippen LogP contribution in [0.15, 0.2) is 42.5 Å². The van der Waals surface area contributed by atoms with Gasteiger partial charge in [-0.2, -0.15) is 0 Å². The van der Waals surface area contributed by atoms with Gasteiger partial charge in [0.05, 0.1) is 13.2 Å². The van der Waals surface area contributed by atoms with Gasteiger partial charge in [-0.1, -0.05) is 35.9 Å². The Morgan fingerprint density at radius 3 is 2.62 bits per heavy atom. The van der Waals surface area contributed by atoms with Crippen LogP contribution in [0.5, 0.6) is 0 Å². The Bertz CT molecular complexity index is 695. The minimum absolute atomic E-state index is 0.587. The second-order valence-electron chi connectivity index (χ2n) is 5.49. The summed E-state index contributed by atoms with van der Waals surface area (Å²) in [5.74, 6) is -0.832. The lowest BCUT2D eigenvalue weighted by Crippen LogP contribution is -2.29. The van der Waals surface area contributed by atoms with Gasteiger partial charge in [-0.05, 0) is 23.8 Å². The molecule has 0 bridgehead atoms. The van der Waals surface area contributed by atoms with Crippen LogP contribution in [-0.4, -0.2) is 20.3 Å².